The van der Waals surface area contributed by atoms with Crippen LogP contribution in [0.15, 0.2) is 48.5 Å². The monoisotopic (exact) mass is 515 g/mol. The molecule has 180 valence electrons. The van der Waals surface area contributed by atoms with Gasteiger partial charge < -0.3 is 0 Å². The lowest BCUT2D eigenvalue weighted by molar-refractivity contribution is -0.374. The predicted octanol–water partition coefficient (Wildman–Crippen LogP) is 6.19. The van der Waals surface area contributed by atoms with E-state index in [0.29, 0.717) is 12.1 Å². The van der Waals surface area contributed by atoms with E-state index in [1.54, 1.807) is 0 Å². The SMILES string of the molecule is FC(F)(F)C1(C(F)(F)F)O[P+]2(OC(C(F)(F)F)(C(F)(F)F)c3ccccc32)c2ccccc21. The summed E-state index contributed by atoms with van der Waals surface area (Å²) in [5.41, 5.74) is -13.8. The molecule has 2 nitrogen and oxygen atoms in total. The normalized spacial score (nSPS) is 21.2. The summed E-state index contributed by atoms with van der Waals surface area (Å²) in [5, 5.41) is -2.36. The van der Waals surface area contributed by atoms with E-state index >= 15 is 0 Å². The number of hydrogen-bond donors (Lipinski definition) is 0. The van der Waals surface area contributed by atoms with Crippen molar-refractivity contribution in [3.63, 3.8) is 0 Å². The average molecular weight is 515 g/mol. The highest BCUT2D eigenvalue weighted by Gasteiger charge is 2.91. The second-order valence-corrected chi connectivity index (χ2v) is 9.55. The van der Waals surface area contributed by atoms with Crippen LogP contribution in [0.4, 0.5) is 52.7 Å². The van der Waals surface area contributed by atoms with Gasteiger partial charge in [0, 0.05) is 0 Å². The van der Waals surface area contributed by atoms with Gasteiger partial charge in [0.25, 0.3) is 0 Å². The number of fused-ring (bicyclic) bond motifs is 4. The summed E-state index contributed by atoms with van der Waals surface area (Å²) in [6.07, 6.45) is -25.3. The molecular formula is C18H8F12O2P+. The van der Waals surface area contributed by atoms with Gasteiger partial charge in [-0.15, -0.1) is 0 Å². The largest absolute Gasteiger partial charge is 0.435 e. The molecule has 2 aromatic carbocycles. The quantitative estimate of drug-likeness (QED) is 0.308. The number of alkyl halides is 12. The highest BCUT2D eigenvalue weighted by atomic mass is 31.2. The molecule has 2 aliphatic rings. The maximum Gasteiger partial charge on any atom is 0.435 e. The van der Waals surface area contributed by atoms with Crippen molar-refractivity contribution < 1.29 is 61.7 Å². The standard InChI is InChI=1S/C18H8F12O2P/c19-15(20,21)13(16(22,23)24)9-5-1-3-7-11(9)33(31-13)12-8-4-2-6-10(12)14(32-33,17(25,26)27)18(28,29)30/h1-8H/q+1. The second kappa shape index (κ2) is 6.54. The molecule has 4 rings (SSSR count). The zero-order valence-corrected chi connectivity index (χ0v) is 16.3. The van der Waals surface area contributed by atoms with Crippen LogP contribution in [-0.4, -0.2) is 24.7 Å². The van der Waals surface area contributed by atoms with Crippen LogP contribution in [0.2, 0.25) is 0 Å². The van der Waals surface area contributed by atoms with Gasteiger partial charge in [-0.1, -0.05) is 36.4 Å². The van der Waals surface area contributed by atoms with Crippen molar-refractivity contribution in [2.75, 3.05) is 0 Å². The molecule has 0 saturated heterocycles. The minimum absolute atomic E-state index is 0.290. The summed E-state index contributed by atoms with van der Waals surface area (Å²) >= 11 is 0. The predicted molar refractivity (Wildman–Crippen MR) is 88.8 cm³/mol. The Kier molecular flexibility index (Phi) is 4.77. The zero-order valence-electron chi connectivity index (χ0n) is 15.4. The van der Waals surface area contributed by atoms with Crippen molar-refractivity contribution in [2.45, 2.75) is 35.9 Å². The van der Waals surface area contributed by atoms with E-state index in [4.69, 9.17) is 0 Å². The smallest absolute Gasteiger partial charge is 0.167 e. The van der Waals surface area contributed by atoms with Crippen molar-refractivity contribution in [3.05, 3.63) is 59.7 Å². The van der Waals surface area contributed by atoms with Crippen molar-refractivity contribution >= 4 is 18.3 Å². The van der Waals surface area contributed by atoms with Crippen LogP contribution in [-0.2, 0) is 20.2 Å². The van der Waals surface area contributed by atoms with Crippen LogP contribution < -0.4 is 10.6 Å². The third-order valence-electron chi connectivity index (χ3n) is 5.33. The van der Waals surface area contributed by atoms with Gasteiger partial charge in [-0.25, -0.2) is 0 Å². The van der Waals surface area contributed by atoms with E-state index in [1.165, 1.54) is 0 Å². The van der Waals surface area contributed by atoms with Crippen molar-refractivity contribution in [3.8, 4) is 0 Å². The Balaban J connectivity index is 2.15. The Labute approximate surface area is 176 Å². The summed E-state index contributed by atoms with van der Waals surface area (Å²) in [6.45, 7) is 0. The van der Waals surface area contributed by atoms with Crippen molar-refractivity contribution in [2.24, 2.45) is 0 Å². The fourth-order valence-electron chi connectivity index (χ4n) is 4.02. The Bertz CT molecular complexity index is 984. The molecule has 15 heteroatoms. The number of rotatable bonds is 0. The number of benzene rings is 2. The fourth-order valence-corrected chi connectivity index (χ4v) is 7.76. The summed E-state index contributed by atoms with van der Waals surface area (Å²) in [7, 11) is -5.49. The fraction of sp³-hybridized carbons (Fsp3) is 0.333. The Morgan fingerprint density at radius 1 is 0.485 bits per heavy atom. The summed E-state index contributed by atoms with van der Waals surface area (Å²) in [4.78, 5) is 0. The maximum absolute atomic E-state index is 13.9. The Morgan fingerprint density at radius 3 is 1.03 bits per heavy atom. The molecular weight excluding hydrogens is 507 g/mol. The van der Waals surface area contributed by atoms with Crippen molar-refractivity contribution in [1.82, 2.24) is 0 Å². The molecule has 2 heterocycles. The van der Waals surface area contributed by atoms with E-state index in [1.807, 2.05) is 0 Å². The number of halogens is 12. The first-order chi connectivity index (χ1) is 14.9. The first kappa shape index (κ1) is 24.1. The molecule has 0 unspecified atom stereocenters. The first-order valence-electron chi connectivity index (χ1n) is 8.64. The molecule has 2 aliphatic heterocycles. The molecule has 33 heavy (non-hydrogen) atoms. The minimum atomic E-state index is -6.31. The van der Waals surface area contributed by atoms with E-state index in [9.17, 15) is 52.7 Å². The summed E-state index contributed by atoms with van der Waals surface area (Å²) in [5.74, 6) is 0. The van der Waals surface area contributed by atoms with E-state index in [0.717, 1.165) is 24.3 Å². The lowest BCUT2D eigenvalue weighted by atomic mass is 9.92. The van der Waals surface area contributed by atoms with Gasteiger partial charge in [0.15, 0.2) is 10.6 Å². The van der Waals surface area contributed by atoms with Crippen LogP contribution in [0.3, 0.4) is 0 Å². The molecule has 0 fully saturated rings. The van der Waals surface area contributed by atoms with Crippen LogP contribution in [0, 0.1) is 0 Å². The van der Waals surface area contributed by atoms with E-state index < -0.39 is 65.4 Å². The second-order valence-electron chi connectivity index (χ2n) is 7.12. The molecule has 0 saturated carbocycles. The van der Waals surface area contributed by atoms with Crippen molar-refractivity contribution in [1.29, 1.82) is 0 Å². The summed E-state index contributed by atoms with van der Waals surface area (Å²) < 4.78 is 176. The van der Waals surface area contributed by atoms with Crippen LogP contribution in [0.5, 0.6) is 0 Å². The van der Waals surface area contributed by atoms with Gasteiger partial charge >= 0.3 is 43.6 Å². The van der Waals surface area contributed by atoms with Gasteiger partial charge in [0.2, 0.25) is 0 Å². The third-order valence-corrected chi connectivity index (χ3v) is 8.44. The molecule has 0 radical (unpaired) electrons. The van der Waals surface area contributed by atoms with Gasteiger partial charge in [-0.2, -0.15) is 61.7 Å². The first-order valence-corrected chi connectivity index (χ1v) is 10.3. The number of hydrogen-bond acceptors (Lipinski definition) is 2. The van der Waals surface area contributed by atoms with E-state index in [2.05, 4.69) is 9.05 Å². The average Bonchev–Trinajstić information content (AvgIpc) is 3.14. The van der Waals surface area contributed by atoms with Gasteiger partial charge in [0.05, 0.1) is 11.1 Å². The maximum atomic E-state index is 13.9. The van der Waals surface area contributed by atoms with Crippen LogP contribution in [0.1, 0.15) is 11.1 Å². The molecule has 0 aliphatic carbocycles. The highest BCUT2D eigenvalue weighted by molar-refractivity contribution is 7.82. The van der Waals surface area contributed by atoms with Gasteiger partial charge in [0.1, 0.15) is 0 Å². The molecule has 0 atom stereocenters. The molecule has 0 amide bonds. The lowest BCUT2D eigenvalue weighted by Gasteiger charge is -2.33. The Hall–Kier alpha value is -2.05. The molecule has 0 N–H and O–H groups in total. The molecule has 0 bridgehead atoms. The highest BCUT2D eigenvalue weighted by Crippen LogP contribution is 2.80. The molecule has 1 spiro atoms. The van der Waals surface area contributed by atoms with Gasteiger partial charge in [-0.05, 0) is 12.1 Å². The van der Waals surface area contributed by atoms with Crippen LogP contribution in [0.25, 0.3) is 0 Å². The minimum Gasteiger partial charge on any atom is -0.167 e. The van der Waals surface area contributed by atoms with Crippen LogP contribution >= 0.6 is 7.72 Å². The third kappa shape index (κ3) is 2.77. The van der Waals surface area contributed by atoms with Gasteiger partial charge in [-0.3, -0.25) is 0 Å². The lowest BCUT2D eigenvalue weighted by Crippen LogP contribution is -2.54. The van der Waals surface area contributed by atoms with E-state index in [-0.39, 0.29) is 12.1 Å². The Morgan fingerprint density at radius 2 is 0.758 bits per heavy atom. The topological polar surface area (TPSA) is 18.5 Å². The molecule has 2 aromatic rings. The summed E-state index contributed by atoms with van der Waals surface area (Å²) in [6, 6.07) is 4.83. The molecule has 0 aromatic heterocycles. The zero-order chi connectivity index (χ0) is 24.9.